The van der Waals surface area contributed by atoms with E-state index in [0.29, 0.717) is 23.9 Å². The van der Waals surface area contributed by atoms with Crippen LogP contribution in [0.5, 0.6) is 0 Å². The maximum Gasteiger partial charge on any atom is 0.472 e. The van der Waals surface area contributed by atoms with E-state index >= 15 is 0 Å². The highest BCUT2D eigenvalue weighted by Crippen LogP contribution is 2.43. The first-order valence-corrected chi connectivity index (χ1v) is 30.1. The number of allylic oxidation sites excluding steroid dienone is 9. The van der Waals surface area contributed by atoms with Crippen LogP contribution >= 0.6 is 7.82 Å². The van der Waals surface area contributed by atoms with Crippen LogP contribution in [-0.4, -0.2) is 74.3 Å². The van der Waals surface area contributed by atoms with Gasteiger partial charge in [-0.25, -0.2) is 4.57 Å². The van der Waals surface area contributed by atoms with Gasteiger partial charge in [-0.15, -0.1) is 0 Å². The molecule has 0 aromatic carbocycles. The Bertz CT molecular complexity index is 1370. The number of phosphoric acid groups is 1. The molecule has 0 aliphatic rings. The van der Waals surface area contributed by atoms with Crippen LogP contribution in [0.4, 0.5) is 0 Å². The first-order chi connectivity index (χ1) is 33.4. The van der Waals surface area contributed by atoms with Gasteiger partial charge in [-0.05, 0) is 70.3 Å². The summed E-state index contributed by atoms with van der Waals surface area (Å²) in [6.45, 7) is 6.95. The van der Waals surface area contributed by atoms with Crippen LogP contribution < -0.4 is 5.32 Å². The lowest BCUT2D eigenvalue weighted by atomic mass is 10.0. The Morgan fingerprint density at radius 2 is 0.899 bits per heavy atom. The first-order valence-electron chi connectivity index (χ1n) is 28.6. The van der Waals surface area contributed by atoms with Gasteiger partial charge in [0.25, 0.3) is 0 Å². The van der Waals surface area contributed by atoms with Gasteiger partial charge < -0.3 is 19.4 Å². The first kappa shape index (κ1) is 66.7. The summed E-state index contributed by atoms with van der Waals surface area (Å²) in [6, 6.07) is -0.868. The molecule has 0 rings (SSSR count). The van der Waals surface area contributed by atoms with E-state index in [1.165, 1.54) is 148 Å². The van der Waals surface area contributed by atoms with Gasteiger partial charge in [0.1, 0.15) is 19.3 Å². The molecule has 10 heteroatoms. The van der Waals surface area contributed by atoms with Gasteiger partial charge >= 0.3 is 13.8 Å². The molecule has 0 aromatic rings. The number of likely N-dealkylation sites (N-methyl/N-ethyl adjacent to an activating group) is 1. The molecule has 0 spiro atoms. The van der Waals surface area contributed by atoms with Crippen molar-refractivity contribution in [3.63, 3.8) is 0 Å². The van der Waals surface area contributed by atoms with Gasteiger partial charge in [0.05, 0.1) is 33.8 Å². The Kier molecular flexibility index (Phi) is 47.7. The van der Waals surface area contributed by atoms with E-state index in [0.717, 1.165) is 64.2 Å². The van der Waals surface area contributed by atoms with E-state index in [4.69, 9.17) is 13.8 Å². The molecule has 0 aliphatic heterocycles. The number of hydrogen-bond donors (Lipinski definition) is 2. The molecule has 3 unspecified atom stereocenters. The number of esters is 1. The van der Waals surface area contributed by atoms with Gasteiger partial charge in [-0.2, -0.15) is 0 Å². The fourth-order valence-electron chi connectivity index (χ4n) is 7.99. The Hall–Kier alpha value is -2.29. The lowest BCUT2D eigenvalue weighted by Crippen LogP contribution is -2.47. The Balaban J connectivity index is 5.47. The third-order valence-corrected chi connectivity index (χ3v) is 13.4. The molecule has 0 radical (unpaired) electrons. The smallest absolute Gasteiger partial charge is 0.456 e. The van der Waals surface area contributed by atoms with Gasteiger partial charge in [0, 0.05) is 12.8 Å². The average Bonchev–Trinajstić information content (AvgIpc) is 3.31. The number of hydrogen-bond acceptors (Lipinski definition) is 6. The Morgan fingerprint density at radius 1 is 0.507 bits per heavy atom. The van der Waals surface area contributed by atoms with Crippen LogP contribution in [0.1, 0.15) is 252 Å². The SMILES string of the molecule is CCCCC/C=C\C/C=C\C/C=C\C/C=C\CCCC(=O)OC(/C=C/CCCCCCCCCCCCC)C(COP(=O)(O)OCC[N+](C)(C)C)NC(=O)CCCCCCCCCCCCCCC. The van der Waals surface area contributed by atoms with Crippen molar-refractivity contribution >= 4 is 19.7 Å². The minimum absolute atomic E-state index is 0.0318. The molecule has 69 heavy (non-hydrogen) atoms. The van der Waals surface area contributed by atoms with Gasteiger partial charge in [-0.1, -0.05) is 230 Å². The van der Waals surface area contributed by atoms with Crippen LogP contribution in [0.2, 0.25) is 0 Å². The summed E-state index contributed by atoms with van der Waals surface area (Å²) in [7, 11) is 1.47. The Morgan fingerprint density at radius 3 is 1.38 bits per heavy atom. The van der Waals surface area contributed by atoms with Crippen LogP contribution in [0.3, 0.4) is 0 Å². The van der Waals surface area contributed by atoms with Crippen molar-refractivity contribution in [3.05, 3.63) is 60.8 Å². The van der Waals surface area contributed by atoms with Gasteiger partial charge in [0.2, 0.25) is 5.91 Å². The molecule has 0 aliphatic carbocycles. The number of amides is 1. The summed E-state index contributed by atoms with van der Waals surface area (Å²) >= 11 is 0. The van der Waals surface area contributed by atoms with E-state index in [-0.39, 0.29) is 31.5 Å². The summed E-state index contributed by atoms with van der Waals surface area (Å²) in [5, 5.41) is 3.03. The second kappa shape index (κ2) is 49.3. The minimum atomic E-state index is -4.45. The number of nitrogens with one attached hydrogen (secondary N) is 1. The van der Waals surface area contributed by atoms with Crippen molar-refractivity contribution in [1.29, 1.82) is 0 Å². The predicted molar refractivity (Wildman–Crippen MR) is 295 cm³/mol. The number of carbonyl (C=O) groups is 2. The third-order valence-electron chi connectivity index (χ3n) is 12.5. The Labute approximate surface area is 426 Å². The van der Waals surface area contributed by atoms with Crippen molar-refractivity contribution in [3.8, 4) is 0 Å². The van der Waals surface area contributed by atoms with Crippen molar-refractivity contribution in [2.75, 3.05) is 40.9 Å². The molecule has 0 saturated carbocycles. The summed E-state index contributed by atoms with van der Waals surface area (Å²) in [5.41, 5.74) is 0. The highest BCUT2D eigenvalue weighted by atomic mass is 31.2. The standard InChI is InChI=1S/C59H109N2O7P/c1-7-10-13-16-19-22-25-28-29-30-31-34-37-40-43-46-49-52-59(63)68-57(50-47-44-41-38-35-32-26-23-20-17-14-11-8-2)56(55-67-69(64,65)66-54-53-61(4,5)6)60-58(62)51-48-45-42-39-36-33-27-24-21-18-15-12-9-3/h19,22,28-29,31,34,40,43,47,50,56-57H,7-18,20-21,23-27,30,32-33,35-39,41-42,44-46,48-49,51-55H2,1-6H3,(H-,60,62,64,65)/p+1/b22-19-,29-28-,34-31-,43-40-,50-47+. The van der Waals surface area contributed by atoms with E-state index in [9.17, 15) is 19.0 Å². The highest BCUT2D eigenvalue weighted by Gasteiger charge is 2.30. The van der Waals surface area contributed by atoms with Gasteiger partial charge in [0.15, 0.2) is 0 Å². The molecule has 9 nitrogen and oxygen atoms in total. The fourth-order valence-corrected chi connectivity index (χ4v) is 8.73. The molecule has 1 amide bonds. The number of phosphoric ester groups is 1. The van der Waals surface area contributed by atoms with Crippen molar-refractivity contribution in [2.24, 2.45) is 0 Å². The molecule has 0 heterocycles. The van der Waals surface area contributed by atoms with E-state index in [1.807, 2.05) is 33.3 Å². The predicted octanol–water partition coefficient (Wildman–Crippen LogP) is 17.1. The lowest BCUT2D eigenvalue weighted by Gasteiger charge is -2.27. The van der Waals surface area contributed by atoms with Crippen LogP contribution in [-0.2, 0) is 27.9 Å². The van der Waals surface area contributed by atoms with E-state index in [2.05, 4.69) is 74.7 Å². The maximum atomic E-state index is 13.5. The van der Waals surface area contributed by atoms with E-state index in [1.54, 1.807) is 0 Å². The molecule has 0 bridgehead atoms. The van der Waals surface area contributed by atoms with Crippen LogP contribution in [0.25, 0.3) is 0 Å². The second-order valence-corrected chi connectivity index (χ2v) is 21.9. The summed E-state index contributed by atoms with van der Waals surface area (Å²) in [4.78, 5) is 37.5. The molecule has 3 atom stereocenters. The quantitative estimate of drug-likeness (QED) is 0.0205. The molecule has 0 saturated heterocycles. The summed E-state index contributed by atoms with van der Waals surface area (Å²) in [5.74, 6) is -0.567. The zero-order chi connectivity index (χ0) is 50.8. The topological polar surface area (TPSA) is 111 Å². The van der Waals surface area contributed by atoms with E-state index < -0.39 is 20.0 Å². The molecular weight excluding hydrogens is 880 g/mol. The fraction of sp³-hybridized carbons (Fsp3) is 0.797. The van der Waals surface area contributed by atoms with Crippen molar-refractivity contribution in [1.82, 2.24) is 5.32 Å². The third kappa shape index (κ3) is 50.4. The maximum absolute atomic E-state index is 13.5. The van der Waals surface area contributed by atoms with Crippen LogP contribution in [0, 0.1) is 0 Å². The molecule has 0 fully saturated rings. The zero-order valence-corrected chi connectivity index (χ0v) is 46.7. The molecular formula is C59H110N2O7P+. The largest absolute Gasteiger partial charge is 0.472 e. The minimum Gasteiger partial charge on any atom is -0.456 e. The molecule has 402 valence electrons. The molecule has 2 N–H and O–H groups in total. The normalized spacial score (nSPS) is 14.2. The monoisotopic (exact) mass is 990 g/mol. The number of ether oxygens (including phenoxy) is 1. The highest BCUT2D eigenvalue weighted by molar-refractivity contribution is 7.47. The lowest BCUT2D eigenvalue weighted by molar-refractivity contribution is -0.870. The number of carbonyl (C=O) groups excluding carboxylic acids is 2. The summed E-state index contributed by atoms with van der Waals surface area (Å²) < 4.78 is 30.6. The van der Waals surface area contributed by atoms with Crippen molar-refractivity contribution in [2.45, 2.75) is 264 Å². The number of unbranched alkanes of at least 4 members (excludes halogenated alkanes) is 27. The number of nitrogens with zero attached hydrogens (tertiary/aromatic N) is 1. The van der Waals surface area contributed by atoms with Crippen molar-refractivity contribution < 1.29 is 37.3 Å². The molecule has 0 aromatic heterocycles. The number of quaternary nitrogens is 1. The van der Waals surface area contributed by atoms with Crippen LogP contribution in [0.15, 0.2) is 60.8 Å². The average molecular weight is 991 g/mol. The number of rotatable bonds is 51. The second-order valence-electron chi connectivity index (χ2n) is 20.5. The van der Waals surface area contributed by atoms with Gasteiger partial charge in [-0.3, -0.25) is 18.6 Å². The zero-order valence-electron chi connectivity index (χ0n) is 45.8. The summed E-state index contributed by atoms with van der Waals surface area (Å²) in [6.07, 6.45) is 60.7.